The van der Waals surface area contributed by atoms with E-state index in [0.717, 1.165) is 5.56 Å². The average molecular weight is 421 g/mol. The molecule has 2 atom stereocenters. The lowest BCUT2D eigenvalue weighted by Gasteiger charge is -2.20. The van der Waals surface area contributed by atoms with Crippen LogP contribution in [-0.4, -0.2) is 19.7 Å². The molecule has 3 rings (SSSR count). The maximum absolute atomic E-state index is 13.5. The molecule has 0 bridgehead atoms. The SMILES string of the molecule is Fc1cccc(C2CNCC2COCc2cc(C(F)(F)F)cc(C(F)(F)F)c2)c1. The van der Waals surface area contributed by atoms with Crippen molar-refractivity contribution in [1.29, 1.82) is 0 Å². The van der Waals surface area contributed by atoms with E-state index in [1.54, 1.807) is 12.1 Å². The fourth-order valence-corrected chi connectivity index (χ4v) is 3.47. The molecule has 158 valence electrons. The molecule has 2 aromatic rings. The van der Waals surface area contributed by atoms with Gasteiger partial charge in [0, 0.05) is 24.9 Å². The number of hydrogen-bond donors (Lipinski definition) is 1. The topological polar surface area (TPSA) is 21.3 Å². The van der Waals surface area contributed by atoms with Gasteiger partial charge in [-0.15, -0.1) is 0 Å². The monoisotopic (exact) mass is 421 g/mol. The van der Waals surface area contributed by atoms with Gasteiger partial charge < -0.3 is 10.1 Å². The zero-order chi connectivity index (χ0) is 21.2. The maximum Gasteiger partial charge on any atom is 0.416 e. The van der Waals surface area contributed by atoms with Crippen molar-refractivity contribution in [3.05, 3.63) is 70.5 Å². The fraction of sp³-hybridized carbons (Fsp3) is 0.400. The molecular formula is C20H18F7NO. The van der Waals surface area contributed by atoms with Gasteiger partial charge in [0.25, 0.3) is 0 Å². The van der Waals surface area contributed by atoms with E-state index in [-0.39, 0.29) is 42.5 Å². The van der Waals surface area contributed by atoms with E-state index >= 15 is 0 Å². The zero-order valence-corrected chi connectivity index (χ0v) is 15.1. The van der Waals surface area contributed by atoms with E-state index < -0.39 is 23.5 Å². The Labute approximate surface area is 162 Å². The molecule has 2 nitrogen and oxygen atoms in total. The minimum Gasteiger partial charge on any atom is -0.376 e. The van der Waals surface area contributed by atoms with Crippen LogP contribution in [0.2, 0.25) is 0 Å². The first kappa shape index (κ1) is 21.6. The van der Waals surface area contributed by atoms with Crippen LogP contribution in [0.4, 0.5) is 30.7 Å². The Hall–Kier alpha value is -2.13. The van der Waals surface area contributed by atoms with Crippen LogP contribution in [0.25, 0.3) is 0 Å². The fourth-order valence-electron chi connectivity index (χ4n) is 3.47. The summed E-state index contributed by atoms with van der Waals surface area (Å²) in [5.74, 6) is -0.514. The minimum absolute atomic E-state index is 0.0575. The van der Waals surface area contributed by atoms with Crippen molar-refractivity contribution in [3.63, 3.8) is 0 Å². The van der Waals surface area contributed by atoms with Crippen LogP contribution in [0.15, 0.2) is 42.5 Å². The summed E-state index contributed by atoms with van der Waals surface area (Å²) in [4.78, 5) is 0. The van der Waals surface area contributed by atoms with Crippen LogP contribution in [-0.2, 0) is 23.7 Å². The number of rotatable bonds is 5. The van der Waals surface area contributed by atoms with Crippen molar-refractivity contribution in [2.45, 2.75) is 24.9 Å². The van der Waals surface area contributed by atoms with Crippen LogP contribution in [0.3, 0.4) is 0 Å². The van der Waals surface area contributed by atoms with Crippen LogP contribution in [0, 0.1) is 11.7 Å². The molecule has 0 radical (unpaired) electrons. The van der Waals surface area contributed by atoms with Crippen molar-refractivity contribution in [2.24, 2.45) is 5.92 Å². The van der Waals surface area contributed by atoms with E-state index in [1.165, 1.54) is 12.1 Å². The number of alkyl halides is 6. The summed E-state index contributed by atoms with van der Waals surface area (Å²) in [6.07, 6.45) is -9.79. The van der Waals surface area contributed by atoms with Gasteiger partial charge in [0.2, 0.25) is 0 Å². The predicted octanol–water partition coefficient (Wildman–Crippen LogP) is 5.38. The van der Waals surface area contributed by atoms with E-state index in [0.29, 0.717) is 25.2 Å². The van der Waals surface area contributed by atoms with E-state index in [2.05, 4.69) is 5.32 Å². The summed E-state index contributed by atoms with van der Waals surface area (Å²) in [5, 5.41) is 3.15. The average Bonchev–Trinajstić information content (AvgIpc) is 3.08. The third-order valence-electron chi connectivity index (χ3n) is 4.86. The molecule has 1 heterocycles. The van der Waals surface area contributed by atoms with Gasteiger partial charge in [0.15, 0.2) is 0 Å². The molecular weight excluding hydrogens is 403 g/mol. The molecule has 0 saturated carbocycles. The third-order valence-corrected chi connectivity index (χ3v) is 4.86. The summed E-state index contributed by atoms with van der Waals surface area (Å²) in [6, 6.07) is 7.50. The Morgan fingerprint density at radius 3 is 2.14 bits per heavy atom. The first-order chi connectivity index (χ1) is 13.5. The molecule has 1 aliphatic heterocycles. The summed E-state index contributed by atoms with van der Waals surface area (Å²) < 4.78 is 96.5. The summed E-state index contributed by atoms with van der Waals surface area (Å²) in [5.41, 5.74) is -2.18. The molecule has 1 aliphatic rings. The molecule has 0 aliphatic carbocycles. The number of nitrogens with one attached hydrogen (secondary N) is 1. The molecule has 0 spiro atoms. The standard InChI is InChI=1S/C20H18F7NO/c21-17-3-1-2-13(6-17)18-9-28-8-14(18)11-29-10-12-4-15(19(22,23)24)7-16(5-12)20(25,26)27/h1-7,14,18,28H,8-11H2. The number of halogens is 7. The molecule has 1 fully saturated rings. The number of hydrogen-bond acceptors (Lipinski definition) is 2. The van der Waals surface area contributed by atoms with Gasteiger partial charge in [-0.1, -0.05) is 12.1 Å². The quantitative estimate of drug-likeness (QED) is 0.655. The molecule has 2 aromatic carbocycles. The molecule has 0 aromatic heterocycles. The van der Waals surface area contributed by atoms with Crippen LogP contribution >= 0.6 is 0 Å². The highest BCUT2D eigenvalue weighted by Crippen LogP contribution is 2.36. The molecule has 2 unspecified atom stereocenters. The molecule has 9 heteroatoms. The van der Waals surface area contributed by atoms with Gasteiger partial charge >= 0.3 is 12.4 Å². The van der Waals surface area contributed by atoms with Crippen molar-refractivity contribution in [3.8, 4) is 0 Å². The van der Waals surface area contributed by atoms with Gasteiger partial charge in [-0.2, -0.15) is 26.3 Å². The highest BCUT2D eigenvalue weighted by Gasteiger charge is 2.37. The second-order valence-electron chi connectivity index (χ2n) is 7.01. The molecule has 0 amide bonds. The Morgan fingerprint density at radius 1 is 0.897 bits per heavy atom. The minimum atomic E-state index is -4.89. The van der Waals surface area contributed by atoms with Gasteiger partial charge in [0.05, 0.1) is 24.3 Å². The summed E-state index contributed by atoms with van der Waals surface area (Å²) in [6.45, 7) is 0.863. The van der Waals surface area contributed by atoms with Crippen molar-refractivity contribution >= 4 is 0 Å². The highest BCUT2D eigenvalue weighted by atomic mass is 19.4. The first-order valence-corrected chi connectivity index (χ1v) is 8.86. The third kappa shape index (κ3) is 5.48. The molecule has 1 N–H and O–H groups in total. The second kappa shape index (κ2) is 8.31. The lowest BCUT2D eigenvalue weighted by molar-refractivity contribution is -0.143. The predicted molar refractivity (Wildman–Crippen MR) is 91.6 cm³/mol. The largest absolute Gasteiger partial charge is 0.416 e. The van der Waals surface area contributed by atoms with Crippen LogP contribution < -0.4 is 5.32 Å². The Balaban J connectivity index is 1.69. The van der Waals surface area contributed by atoms with Crippen molar-refractivity contribution in [2.75, 3.05) is 19.7 Å². The highest BCUT2D eigenvalue weighted by molar-refractivity contribution is 5.33. The summed E-state index contributed by atoms with van der Waals surface area (Å²) >= 11 is 0. The van der Waals surface area contributed by atoms with Gasteiger partial charge in [-0.3, -0.25) is 0 Å². The smallest absolute Gasteiger partial charge is 0.376 e. The molecule has 1 saturated heterocycles. The van der Waals surface area contributed by atoms with Crippen molar-refractivity contribution in [1.82, 2.24) is 5.32 Å². The van der Waals surface area contributed by atoms with Crippen molar-refractivity contribution < 1.29 is 35.5 Å². The number of ether oxygens (including phenoxy) is 1. The zero-order valence-electron chi connectivity index (χ0n) is 15.1. The second-order valence-corrected chi connectivity index (χ2v) is 7.01. The van der Waals surface area contributed by atoms with Crippen LogP contribution in [0.1, 0.15) is 28.2 Å². The van der Waals surface area contributed by atoms with Gasteiger partial charge in [0.1, 0.15) is 5.82 Å². The normalized spacial score (nSPS) is 20.2. The van der Waals surface area contributed by atoms with Gasteiger partial charge in [-0.25, -0.2) is 4.39 Å². The Morgan fingerprint density at radius 2 is 1.55 bits per heavy atom. The molecule has 29 heavy (non-hydrogen) atoms. The van der Waals surface area contributed by atoms with E-state index in [9.17, 15) is 30.7 Å². The lowest BCUT2D eigenvalue weighted by atomic mass is 9.89. The van der Waals surface area contributed by atoms with Crippen LogP contribution in [0.5, 0.6) is 0 Å². The van der Waals surface area contributed by atoms with E-state index in [4.69, 9.17) is 4.74 Å². The number of benzene rings is 2. The van der Waals surface area contributed by atoms with E-state index in [1.807, 2.05) is 0 Å². The summed E-state index contributed by atoms with van der Waals surface area (Å²) in [7, 11) is 0. The Kier molecular flexibility index (Phi) is 6.19. The van der Waals surface area contributed by atoms with Gasteiger partial charge in [-0.05, 0) is 41.5 Å². The Bertz CT molecular complexity index is 815. The first-order valence-electron chi connectivity index (χ1n) is 8.86. The lowest BCUT2D eigenvalue weighted by Crippen LogP contribution is -2.18. The maximum atomic E-state index is 13.5.